The van der Waals surface area contributed by atoms with Crippen molar-refractivity contribution in [2.45, 2.75) is 104 Å². The monoisotopic (exact) mass is 924 g/mol. The fraction of sp³-hybridized carbons (Fsp3) is 0.296. The van der Waals surface area contributed by atoms with Gasteiger partial charge in [-0.25, -0.2) is 0 Å². The molecule has 10 rings (SSSR count). The van der Waals surface area contributed by atoms with E-state index in [0.29, 0.717) is 0 Å². The molecule has 2 aromatic heterocycles. The Balaban J connectivity index is 0.000000161. The van der Waals surface area contributed by atoms with Crippen molar-refractivity contribution < 1.29 is 29.7 Å². The molecule has 2 aliphatic rings. The summed E-state index contributed by atoms with van der Waals surface area (Å²) in [6, 6.07) is 44.2. The van der Waals surface area contributed by atoms with Gasteiger partial charge in [0.2, 0.25) is 0 Å². The van der Waals surface area contributed by atoms with Crippen LogP contribution < -0.4 is 0 Å². The van der Waals surface area contributed by atoms with Crippen LogP contribution in [0.1, 0.15) is 88.2 Å². The number of furan rings is 2. The Morgan fingerprint density at radius 2 is 0.900 bits per heavy atom. The van der Waals surface area contributed by atoms with Gasteiger partial charge in [-0.15, -0.1) is 57.9 Å². The molecule has 6 heteroatoms. The SMILES string of the molecule is CC(C)(C)c1ccc(-c2cc3c(-c4ccccc4)c4c(cc3[cH-]2)CCC4)o1.CC(C)(C)c1ccc(-c2cc3c(-c4ccccc4)c4c(cc3[cH-]2)CCC4)o1.C[Si]C.[Cl][Zr+2][Cl]. The zero-order chi connectivity index (χ0) is 42.6. The Morgan fingerprint density at radius 1 is 0.533 bits per heavy atom. The molecule has 0 spiro atoms. The third kappa shape index (κ3) is 9.69. The van der Waals surface area contributed by atoms with E-state index >= 15 is 0 Å². The number of fused-ring (bicyclic) bond motifs is 4. The molecule has 8 aromatic rings. The number of benzene rings is 4. The van der Waals surface area contributed by atoms with E-state index in [2.05, 4.69) is 176 Å². The van der Waals surface area contributed by atoms with Gasteiger partial charge >= 0.3 is 37.9 Å². The molecule has 2 nitrogen and oxygen atoms in total. The molecule has 2 heterocycles. The summed E-state index contributed by atoms with van der Waals surface area (Å²) in [6.45, 7) is 17.4. The fourth-order valence-corrected chi connectivity index (χ4v) is 8.79. The first kappa shape index (κ1) is 44.4. The van der Waals surface area contributed by atoms with E-state index in [1.54, 1.807) is 11.1 Å². The van der Waals surface area contributed by atoms with Crippen LogP contribution in [-0.4, -0.2) is 9.52 Å². The predicted octanol–water partition coefficient (Wildman–Crippen LogP) is 16.7. The van der Waals surface area contributed by atoms with Crippen LogP contribution in [0.25, 0.3) is 66.4 Å². The van der Waals surface area contributed by atoms with Crippen LogP contribution in [0.3, 0.4) is 0 Å². The zero-order valence-electron chi connectivity index (χ0n) is 36.4. The van der Waals surface area contributed by atoms with E-state index in [1.807, 2.05) is 0 Å². The molecule has 0 atom stereocenters. The number of rotatable bonds is 4. The Kier molecular flexibility index (Phi) is 14.2. The predicted molar refractivity (Wildman–Crippen MR) is 256 cm³/mol. The van der Waals surface area contributed by atoms with Gasteiger partial charge in [0.15, 0.2) is 0 Å². The first-order chi connectivity index (χ1) is 28.8. The fourth-order valence-electron chi connectivity index (χ4n) is 8.79. The summed E-state index contributed by atoms with van der Waals surface area (Å²) in [7, 11) is 11.0. The molecule has 0 aliphatic heterocycles. The number of aryl methyl sites for hydroxylation is 2. The van der Waals surface area contributed by atoms with Crippen molar-refractivity contribution in [3.05, 3.63) is 155 Å². The van der Waals surface area contributed by atoms with Gasteiger partial charge in [0.1, 0.15) is 0 Å². The topological polar surface area (TPSA) is 26.3 Å². The Labute approximate surface area is 378 Å². The molecule has 306 valence electrons. The molecular weight excluding hydrogens is 871 g/mol. The van der Waals surface area contributed by atoms with Gasteiger partial charge in [-0.2, -0.15) is 0 Å². The molecule has 0 amide bonds. The van der Waals surface area contributed by atoms with Crippen molar-refractivity contribution in [3.8, 4) is 44.9 Å². The van der Waals surface area contributed by atoms with Crippen LogP contribution in [0.15, 0.2) is 130 Å². The van der Waals surface area contributed by atoms with E-state index in [-0.39, 0.29) is 10.8 Å². The van der Waals surface area contributed by atoms with Crippen LogP contribution >= 0.6 is 17.0 Å². The van der Waals surface area contributed by atoms with Crippen LogP contribution in [0.2, 0.25) is 13.1 Å². The molecule has 0 bridgehead atoms. The maximum atomic E-state index is 6.21. The standard InChI is InChI=1S/2C26H25O.C2H6Si.2ClH.Zr/c2*1-26(2,3)24-13-12-23(27-24)20-15-19-14-18-10-7-11-21(18)25(22(19)16-20)17-8-5-4-6-9-17;1-3-2;;;/h2*4-6,8-9,12-16H,7,10-11H2,1-3H3;1-2H3;2*1H;/q2*-1;;;;+4/p-2. The molecule has 2 aliphatic carbocycles. The molecular formula is C54H56Cl2O2SiZr. The minimum atomic E-state index is -0.826. The molecule has 0 saturated heterocycles. The summed E-state index contributed by atoms with van der Waals surface area (Å²) < 4.78 is 12.4. The van der Waals surface area contributed by atoms with E-state index in [9.17, 15) is 0 Å². The van der Waals surface area contributed by atoms with Crippen LogP contribution in [0.4, 0.5) is 0 Å². The second kappa shape index (κ2) is 19.2. The molecule has 2 radical (unpaired) electrons. The summed E-state index contributed by atoms with van der Waals surface area (Å²) in [4.78, 5) is 0. The van der Waals surface area contributed by atoms with Crippen LogP contribution in [-0.2, 0) is 57.4 Å². The number of halogens is 2. The number of hydrogen-bond donors (Lipinski definition) is 0. The summed E-state index contributed by atoms with van der Waals surface area (Å²) in [5.74, 6) is 4.01. The van der Waals surface area contributed by atoms with Crippen molar-refractivity contribution in [3.63, 3.8) is 0 Å². The third-order valence-corrected chi connectivity index (χ3v) is 11.6. The van der Waals surface area contributed by atoms with Gasteiger partial charge in [-0.1, -0.05) is 149 Å². The van der Waals surface area contributed by atoms with Gasteiger partial charge in [0.25, 0.3) is 0 Å². The second-order valence-electron chi connectivity index (χ2n) is 18.1. The summed E-state index contributed by atoms with van der Waals surface area (Å²) in [5.41, 5.74) is 14.1. The van der Waals surface area contributed by atoms with Gasteiger partial charge in [-0.05, 0) is 85.0 Å². The molecule has 0 saturated carbocycles. The average Bonchev–Trinajstić information content (AvgIpc) is 4.08. The summed E-state index contributed by atoms with van der Waals surface area (Å²) in [5, 5.41) is 5.37. The Hall–Kier alpha value is -3.66. The van der Waals surface area contributed by atoms with Crippen LogP contribution in [0, 0.1) is 0 Å². The normalized spacial score (nSPS) is 13.1. The average molecular weight is 927 g/mol. The van der Waals surface area contributed by atoms with Gasteiger partial charge < -0.3 is 8.83 Å². The minimum absolute atomic E-state index is 0.0284. The van der Waals surface area contributed by atoms with Crippen molar-refractivity contribution in [1.29, 1.82) is 0 Å². The molecule has 0 fully saturated rings. The second-order valence-corrected chi connectivity index (χ2v) is 22.8. The quantitative estimate of drug-likeness (QED) is 0.130. The van der Waals surface area contributed by atoms with Crippen molar-refractivity contribution in [2.24, 2.45) is 0 Å². The zero-order valence-corrected chi connectivity index (χ0v) is 41.3. The van der Waals surface area contributed by atoms with Crippen molar-refractivity contribution in [1.82, 2.24) is 0 Å². The van der Waals surface area contributed by atoms with Crippen molar-refractivity contribution >= 4 is 48.1 Å². The Morgan fingerprint density at radius 3 is 1.23 bits per heavy atom. The Bertz CT molecular complexity index is 2480. The molecule has 0 unspecified atom stereocenters. The van der Waals surface area contributed by atoms with E-state index < -0.39 is 20.8 Å². The summed E-state index contributed by atoms with van der Waals surface area (Å²) in [6.07, 6.45) is 7.29. The van der Waals surface area contributed by atoms with E-state index in [0.717, 1.165) is 32.6 Å². The van der Waals surface area contributed by atoms with E-state index in [1.165, 1.54) is 105 Å². The van der Waals surface area contributed by atoms with Gasteiger partial charge in [0.05, 0.1) is 23.0 Å². The first-order valence-corrected chi connectivity index (χ1v) is 29.5. The molecule has 6 aromatic carbocycles. The maximum absolute atomic E-state index is 6.21. The first-order valence-electron chi connectivity index (χ1n) is 21.2. The van der Waals surface area contributed by atoms with Crippen LogP contribution in [0.5, 0.6) is 0 Å². The number of hydrogen-bond acceptors (Lipinski definition) is 2. The summed E-state index contributed by atoms with van der Waals surface area (Å²) >= 11 is -0.826. The van der Waals surface area contributed by atoms with Gasteiger partial charge in [0, 0.05) is 20.3 Å². The third-order valence-electron chi connectivity index (χ3n) is 11.6. The van der Waals surface area contributed by atoms with Crippen molar-refractivity contribution in [2.75, 3.05) is 0 Å². The van der Waals surface area contributed by atoms with Gasteiger partial charge in [-0.3, -0.25) is 0 Å². The van der Waals surface area contributed by atoms with E-state index in [4.69, 9.17) is 25.9 Å². The molecule has 60 heavy (non-hydrogen) atoms. The molecule has 0 N–H and O–H groups in total.